The van der Waals surface area contributed by atoms with Gasteiger partial charge in [0.2, 0.25) is 12.5 Å². The van der Waals surface area contributed by atoms with Crippen LogP contribution in [-0.2, 0) is 0 Å². The van der Waals surface area contributed by atoms with Crippen molar-refractivity contribution in [1.29, 1.82) is 0 Å². The highest BCUT2D eigenvalue weighted by Gasteiger charge is 2.30. The first-order chi connectivity index (χ1) is 12.7. The number of methoxy groups -OCH3 is 3. The first kappa shape index (κ1) is 16.4. The van der Waals surface area contributed by atoms with Crippen LogP contribution in [-0.4, -0.2) is 28.1 Å². The van der Waals surface area contributed by atoms with E-state index in [0.29, 0.717) is 23.0 Å². The highest BCUT2D eigenvalue weighted by molar-refractivity contribution is 5.62. The standard InChI is InChI=1S/C20H20O6/c1-11-9-24-14-8-16-15(25-10-26-16)7-13(14)19(11)12-5-17(21-2)20(23-4)18(6-12)22-3/h5-9,19H,10H2,1-4H3. The van der Waals surface area contributed by atoms with E-state index in [1.54, 1.807) is 27.6 Å². The molecule has 2 aromatic carbocycles. The molecule has 0 bridgehead atoms. The quantitative estimate of drug-likeness (QED) is 0.829. The zero-order chi connectivity index (χ0) is 18.3. The lowest BCUT2D eigenvalue weighted by atomic mass is 9.84. The molecule has 0 aliphatic carbocycles. The van der Waals surface area contributed by atoms with Gasteiger partial charge in [-0.05, 0) is 36.3 Å². The summed E-state index contributed by atoms with van der Waals surface area (Å²) in [5, 5.41) is 0. The van der Waals surface area contributed by atoms with Gasteiger partial charge in [-0.1, -0.05) is 0 Å². The largest absolute Gasteiger partial charge is 0.493 e. The maximum atomic E-state index is 5.79. The van der Waals surface area contributed by atoms with Crippen LogP contribution >= 0.6 is 0 Å². The van der Waals surface area contributed by atoms with Gasteiger partial charge >= 0.3 is 0 Å². The van der Waals surface area contributed by atoms with E-state index in [1.807, 2.05) is 31.2 Å². The molecule has 0 radical (unpaired) electrons. The van der Waals surface area contributed by atoms with E-state index >= 15 is 0 Å². The number of fused-ring (bicyclic) bond motifs is 2. The predicted molar refractivity (Wildman–Crippen MR) is 94.9 cm³/mol. The van der Waals surface area contributed by atoms with Gasteiger partial charge in [-0.2, -0.15) is 0 Å². The third-order valence-electron chi connectivity index (χ3n) is 4.66. The van der Waals surface area contributed by atoms with Gasteiger partial charge < -0.3 is 28.4 Å². The monoisotopic (exact) mass is 356 g/mol. The summed E-state index contributed by atoms with van der Waals surface area (Å²) in [6, 6.07) is 7.76. The molecule has 2 aliphatic rings. The molecule has 26 heavy (non-hydrogen) atoms. The third kappa shape index (κ3) is 2.49. The second-order valence-electron chi connectivity index (χ2n) is 6.11. The van der Waals surface area contributed by atoms with Crippen LogP contribution in [0, 0.1) is 0 Å². The molecule has 6 nitrogen and oxygen atoms in total. The maximum absolute atomic E-state index is 5.79. The van der Waals surface area contributed by atoms with Gasteiger partial charge in [0.25, 0.3) is 0 Å². The van der Waals surface area contributed by atoms with Crippen LogP contribution in [0.15, 0.2) is 36.1 Å². The lowest BCUT2D eigenvalue weighted by Gasteiger charge is -2.27. The van der Waals surface area contributed by atoms with Crippen LogP contribution in [0.25, 0.3) is 0 Å². The van der Waals surface area contributed by atoms with Gasteiger partial charge in [0.15, 0.2) is 23.0 Å². The second-order valence-corrected chi connectivity index (χ2v) is 6.11. The second kappa shape index (κ2) is 6.37. The van der Waals surface area contributed by atoms with Gasteiger partial charge in [-0.3, -0.25) is 0 Å². The number of hydrogen-bond donors (Lipinski definition) is 0. The molecule has 4 rings (SSSR count). The van der Waals surface area contributed by atoms with Crippen LogP contribution < -0.4 is 28.4 Å². The van der Waals surface area contributed by atoms with E-state index < -0.39 is 0 Å². The molecule has 136 valence electrons. The summed E-state index contributed by atoms with van der Waals surface area (Å²) in [5.41, 5.74) is 3.07. The van der Waals surface area contributed by atoms with E-state index in [2.05, 4.69) is 0 Å². The molecule has 0 saturated heterocycles. The highest BCUT2D eigenvalue weighted by Crippen LogP contribution is 2.49. The molecule has 1 atom stereocenters. The van der Waals surface area contributed by atoms with Crippen molar-refractivity contribution in [3.8, 4) is 34.5 Å². The SMILES string of the molecule is COc1cc(C2C(C)=COc3cc4c(cc32)OCO4)cc(OC)c1OC. The number of benzene rings is 2. The summed E-state index contributed by atoms with van der Waals surface area (Å²) < 4.78 is 33.2. The van der Waals surface area contributed by atoms with Gasteiger partial charge in [-0.25, -0.2) is 0 Å². The van der Waals surface area contributed by atoms with E-state index in [4.69, 9.17) is 28.4 Å². The summed E-state index contributed by atoms with van der Waals surface area (Å²) >= 11 is 0. The molecule has 0 N–H and O–H groups in total. The van der Waals surface area contributed by atoms with E-state index in [0.717, 1.165) is 28.2 Å². The Morgan fingerprint density at radius 1 is 0.846 bits per heavy atom. The molecule has 0 fully saturated rings. The minimum absolute atomic E-state index is 0.0260. The van der Waals surface area contributed by atoms with E-state index in [9.17, 15) is 0 Å². The van der Waals surface area contributed by atoms with Gasteiger partial charge in [0.1, 0.15) is 5.75 Å². The molecule has 0 saturated carbocycles. The highest BCUT2D eigenvalue weighted by atomic mass is 16.7. The average Bonchev–Trinajstić information content (AvgIpc) is 3.12. The average molecular weight is 356 g/mol. The third-order valence-corrected chi connectivity index (χ3v) is 4.66. The molecule has 0 amide bonds. The van der Waals surface area contributed by atoms with E-state index in [1.165, 1.54) is 0 Å². The van der Waals surface area contributed by atoms with Crippen molar-refractivity contribution >= 4 is 0 Å². The number of allylic oxidation sites excluding steroid dienone is 1. The fraction of sp³-hybridized carbons (Fsp3) is 0.300. The molecule has 1 unspecified atom stereocenters. The lowest BCUT2D eigenvalue weighted by molar-refractivity contribution is 0.174. The summed E-state index contributed by atoms with van der Waals surface area (Å²) in [4.78, 5) is 0. The molecular formula is C20H20O6. The number of hydrogen-bond acceptors (Lipinski definition) is 6. The summed E-state index contributed by atoms with van der Waals surface area (Å²) in [6.07, 6.45) is 1.76. The molecule has 0 aromatic heterocycles. The lowest BCUT2D eigenvalue weighted by Crippen LogP contribution is -2.11. The van der Waals surface area contributed by atoms with Crippen molar-refractivity contribution in [2.45, 2.75) is 12.8 Å². The molecular weight excluding hydrogens is 336 g/mol. The number of ether oxygens (including phenoxy) is 6. The minimum atomic E-state index is -0.0260. The van der Waals surface area contributed by atoms with Crippen molar-refractivity contribution in [2.24, 2.45) is 0 Å². The Labute approximate surface area is 151 Å². The van der Waals surface area contributed by atoms with Gasteiger partial charge in [-0.15, -0.1) is 0 Å². The Morgan fingerprint density at radius 2 is 1.50 bits per heavy atom. The Balaban J connectivity index is 1.88. The van der Waals surface area contributed by atoms with E-state index in [-0.39, 0.29) is 12.7 Å². The normalized spacial score (nSPS) is 17.1. The van der Waals surface area contributed by atoms with Crippen molar-refractivity contribution in [1.82, 2.24) is 0 Å². The Morgan fingerprint density at radius 3 is 2.12 bits per heavy atom. The molecule has 0 spiro atoms. The van der Waals surface area contributed by atoms with Crippen molar-refractivity contribution in [2.75, 3.05) is 28.1 Å². The van der Waals surface area contributed by atoms with Crippen LogP contribution in [0.2, 0.25) is 0 Å². The first-order valence-electron chi connectivity index (χ1n) is 8.23. The van der Waals surface area contributed by atoms with Crippen molar-refractivity contribution < 1.29 is 28.4 Å². The fourth-order valence-corrected chi connectivity index (χ4v) is 3.45. The molecule has 6 heteroatoms. The Bertz CT molecular complexity index is 861. The Hall–Kier alpha value is -3.02. The molecule has 2 heterocycles. The van der Waals surface area contributed by atoms with Crippen molar-refractivity contribution in [3.05, 3.63) is 47.2 Å². The van der Waals surface area contributed by atoms with Crippen LogP contribution in [0.4, 0.5) is 0 Å². The zero-order valence-corrected chi connectivity index (χ0v) is 15.1. The summed E-state index contributed by atoms with van der Waals surface area (Å²) in [6.45, 7) is 2.25. The van der Waals surface area contributed by atoms with Crippen molar-refractivity contribution in [3.63, 3.8) is 0 Å². The smallest absolute Gasteiger partial charge is 0.231 e. The summed E-state index contributed by atoms with van der Waals surface area (Å²) in [7, 11) is 4.81. The first-order valence-corrected chi connectivity index (χ1v) is 8.23. The minimum Gasteiger partial charge on any atom is -0.493 e. The Kier molecular flexibility index (Phi) is 4.03. The number of rotatable bonds is 4. The van der Waals surface area contributed by atoms with Gasteiger partial charge in [0, 0.05) is 17.5 Å². The fourth-order valence-electron chi connectivity index (χ4n) is 3.45. The van der Waals surface area contributed by atoms with Crippen LogP contribution in [0.1, 0.15) is 24.0 Å². The predicted octanol–water partition coefficient (Wildman–Crippen LogP) is 3.87. The van der Waals surface area contributed by atoms with Gasteiger partial charge in [0.05, 0.1) is 27.6 Å². The summed E-state index contributed by atoms with van der Waals surface area (Å²) in [5.74, 6) is 3.94. The maximum Gasteiger partial charge on any atom is 0.231 e. The zero-order valence-electron chi connectivity index (χ0n) is 15.1. The molecule has 2 aliphatic heterocycles. The molecule has 2 aromatic rings. The van der Waals surface area contributed by atoms with Crippen LogP contribution in [0.5, 0.6) is 34.5 Å². The topological polar surface area (TPSA) is 55.4 Å². The van der Waals surface area contributed by atoms with Crippen LogP contribution in [0.3, 0.4) is 0 Å².